The zero-order chi connectivity index (χ0) is 21.3. The average Bonchev–Trinajstić information content (AvgIpc) is 3.45. The van der Waals surface area contributed by atoms with Gasteiger partial charge in [0, 0.05) is 39.4 Å². The van der Waals surface area contributed by atoms with Crippen molar-refractivity contribution in [2.75, 3.05) is 33.8 Å². The molecule has 0 spiro atoms. The van der Waals surface area contributed by atoms with Crippen LogP contribution in [-0.4, -0.2) is 77.5 Å². The van der Waals surface area contributed by atoms with Gasteiger partial charge in [0.2, 0.25) is 5.91 Å². The van der Waals surface area contributed by atoms with Gasteiger partial charge in [-0.3, -0.25) is 9.48 Å². The topological polar surface area (TPSA) is 79.7 Å². The van der Waals surface area contributed by atoms with Crippen LogP contribution in [-0.2, 0) is 9.53 Å². The van der Waals surface area contributed by atoms with Gasteiger partial charge in [0.1, 0.15) is 6.61 Å². The number of hydrogen-bond acceptors (Lipinski definition) is 4. The number of nitrogens with one attached hydrogen (secondary N) is 1. The molecule has 0 radical (unpaired) electrons. The number of ether oxygens (including phenoxy) is 1. The Labute approximate surface area is 178 Å². The summed E-state index contributed by atoms with van der Waals surface area (Å²) in [4.78, 5) is 28.4. The van der Waals surface area contributed by atoms with Crippen LogP contribution >= 0.6 is 0 Å². The fourth-order valence-electron chi connectivity index (χ4n) is 5.27. The molecule has 1 aliphatic heterocycles. The number of aryl methyl sites for hydroxylation is 1. The lowest BCUT2D eigenvalue weighted by atomic mass is 9.77. The first kappa shape index (κ1) is 21.2. The number of likely N-dealkylation sites (tertiary alicyclic amines) is 1. The number of hydrogen-bond donors (Lipinski definition) is 1. The van der Waals surface area contributed by atoms with Crippen LogP contribution in [0.5, 0.6) is 0 Å². The highest BCUT2D eigenvalue weighted by molar-refractivity contribution is 5.76. The van der Waals surface area contributed by atoms with Crippen LogP contribution in [0.15, 0.2) is 12.4 Å². The van der Waals surface area contributed by atoms with E-state index >= 15 is 0 Å². The lowest BCUT2D eigenvalue weighted by Crippen LogP contribution is -2.43. The first-order valence-electron chi connectivity index (χ1n) is 11.3. The molecule has 8 heteroatoms. The lowest BCUT2D eigenvalue weighted by Gasteiger charge is -2.37. The molecule has 3 fully saturated rings. The Morgan fingerprint density at radius 3 is 2.53 bits per heavy atom. The molecule has 30 heavy (non-hydrogen) atoms. The number of nitrogens with zero attached hydrogens (tertiary/aromatic N) is 4. The molecule has 2 saturated carbocycles. The van der Waals surface area contributed by atoms with Crippen LogP contribution in [0.3, 0.4) is 0 Å². The summed E-state index contributed by atoms with van der Waals surface area (Å²) in [6, 6.07) is 0.517. The van der Waals surface area contributed by atoms with Crippen molar-refractivity contribution in [3.8, 4) is 0 Å². The van der Waals surface area contributed by atoms with Crippen molar-refractivity contribution in [1.82, 2.24) is 24.9 Å². The highest BCUT2D eigenvalue weighted by Crippen LogP contribution is 2.42. The van der Waals surface area contributed by atoms with Gasteiger partial charge in [0.15, 0.2) is 0 Å². The zero-order valence-corrected chi connectivity index (χ0v) is 18.4. The van der Waals surface area contributed by atoms with E-state index in [1.807, 2.05) is 22.7 Å². The Hall–Kier alpha value is -2.09. The van der Waals surface area contributed by atoms with E-state index in [0.717, 1.165) is 44.3 Å². The van der Waals surface area contributed by atoms with E-state index in [1.165, 1.54) is 12.8 Å². The number of amides is 3. The van der Waals surface area contributed by atoms with Crippen molar-refractivity contribution in [3.05, 3.63) is 18.0 Å². The van der Waals surface area contributed by atoms with Gasteiger partial charge in [-0.2, -0.15) is 5.10 Å². The molecular formula is C22H35N5O3. The zero-order valence-electron chi connectivity index (χ0n) is 18.4. The van der Waals surface area contributed by atoms with Crippen molar-refractivity contribution in [2.24, 2.45) is 11.8 Å². The number of carbonyl (C=O) groups is 2. The third-order valence-corrected chi connectivity index (χ3v) is 7.04. The summed E-state index contributed by atoms with van der Waals surface area (Å²) >= 11 is 0. The molecule has 0 bridgehead atoms. The van der Waals surface area contributed by atoms with Gasteiger partial charge in [-0.25, -0.2) is 4.79 Å². The Morgan fingerprint density at radius 1 is 1.20 bits per heavy atom. The second kappa shape index (κ2) is 8.96. The normalized spacial score (nSPS) is 29.1. The SMILES string of the molecule is Cc1cnn([C@H]2C[C@H]3CN(C(=O)NC4CCCC4)C[C@H]3C[C@@H]2OCC(=O)N(C)C)c1. The van der Waals surface area contributed by atoms with Gasteiger partial charge in [-0.05, 0) is 50.0 Å². The second-order valence-electron chi connectivity index (χ2n) is 9.53. The summed E-state index contributed by atoms with van der Waals surface area (Å²) in [6.07, 6.45) is 10.2. The molecule has 8 nitrogen and oxygen atoms in total. The number of urea groups is 1. The minimum atomic E-state index is -0.0766. The highest BCUT2D eigenvalue weighted by Gasteiger charge is 2.45. The third-order valence-electron chi connectivity index (χ3n) is 7.04. The number of fused-ring (bicyclic) bond motifs is 1. The molecular weight excluding hydrogens is 382 g/mol. The van der Waals surface area contributed by atoms with E-state index < -0.39 is 0 Å². The number of aromatic nitrogens is 2. The van der Waals surface area contributed by atoms with Crippen molar-refractivity contribution in [2.45, 2.75) is 63.6 Å². The lowest BCUT2D eigenvalue weighted by molar-refractivity contribution is -0.138. The van der Waals surface area contributed by atoms with Gasteiger partial charge in [-0.15, -0.1) is 0 Å². The smallest absolute Gasteiger partial charge is 0.317 e. The molecule has 3 amide bonds. The van der Waals surface area contributed by atoms with Gasteiger partial charge in [0.05, 0.1) is 18.3 Å². The number of likely N-dealkylation sites (N-methyl/N-ethyl adjacent to an activating group) is 1. The van der Waals surface area contributed by atoms with Crippen molar-refractivity contribution in [1.29, 1.82) is 0 Å². The number of rotatable bonds is 5. The van der Waals surface area contributed by atoms with E-state index in [0.29, 0.717) is 17.9 Å². The van der Waals surface area contributed by atoms with Crippen LogP contribution in [0.25, 0.3) is 0 Å². The maximum Gasteiger partial charge on any atom is 0.317 e. The van der Waals surface area contributed by atoms with Gasteiger partial charge in [0.25, 0.3) is 0 Å². The summed E-state index contributed by atoms with van der Waals surface area (Å²) in [5.41, 5.74) is 1.12. The van der Waals surface area contributed by atoms with Gasteiger partial charge in [-0.1, -0.05) is 12.8 Å². The molecule has 0 aromatic carbocycles. The minimum absolute atomic E-state index is 0.0310. The fourth-order valence-corrected chi connectivity index (χ4v) is 5.27. The Bertz CT molecular complexity index is 758. The van der Waals surface area contributed by atoms with Crippen molar-refractivity contribution in [3.63, 3.8) is 0 Å². The van der Waals surface area contributed by atoms with E-state index in [2.05, 4.69) is 16.6 Å². The first-order valence-corrected chi connectivity index (χ1v) is 11.3. The Morgan fingerprint density at radius 2 is 1.90 bits per heavy atom. The third kappa shape index (κ3) is 4.63. The van der Waals surface area contributed by atoms with E-state index in [4.69, 9.17) is 4.74 Å². The molecule has 4 atom stereocenters. The van der Waals surface area contributed by atoms with Crippen LogP contribution in [0, 0.1) is 18.8 Å². The van der Waals surface area contributed by atoms with E-state index in [-0.39, 0.29) is 30.7 Å². The fraction of sp³-hybridized carbons (Fsp3) is 0.773. The Kier molecular flexibility index (Phi) is 6.32. The number of carbonyl (C=O) groups excluding carboxylic acids is 2. The molecule has 0 unspecified atom stereocenters. The summed E-state index contributed by atoms with van der Waals surface area (Å²) in [7, 11) is 3.49. The monoisotopic (exact) mass is 417 g/mol. The molecule has 166 valence electrons. The van der Waals surface area contributed by atoms with Crippen LogP contribution < -0.4 is 5.32 Å². The molecule has 2 heterocycles. The minimum Gasteiger partial charge on any atom is -0.366 e. The summed E-state index contributed by atoms with van der Waals surface area (Å²) in [5.74, 6) is 0.821. The predicted octanol–water partition coefficient (Wildman–Crippen LogP) is 2.20. The molecule has 1 aromatic heterocycles. The maximum absolute atomic E-state index is 12.8. The quantitative estimate of drug-likeness (QED) is 0.797. The van der Waals surface area contributed by atoms with Crippen LogP contribution in [0.4, 0.5) is 4.79 Å². The summed E-state index contributed by atoms with van der Waals surface area (Å²) in [6.45, 7) is 3.68. The molecule has 1 saturated heterocycles. The van der Waals surface area contributed by atoms with Crippen LogP contribution in [0.2, 0.25) is 0 Å². The molecule has 3 aliphatic rings. The van der Waals surface area contributed by atoms with Gasteiger partial charge >= 0.3 is 6.03 Å². The molecule has 2 aliphatic carbocycles. The summed E-state index contributed by atoms with van der Waals surface area (Å²) in [5, 5.41) is 7.77. The van der Waals surface area contributed by atoms with E-state index in [9.17, 15) is 9.59 Å². The van der Waals surface area contributed by atoms with Crippen molar-refractivity contribution >= 4 is 11.9 Å². The first-order chi connectivity index (χ1) is 14.4. The maximum atomic E-state index is 12.8. The Balaban J connectivity index is 1.42. The van der Waals surface area contributed by atoms with E-state index in [1.54, 1.807) is 19.0 Å². The largest absolute Gasteiger partial charge is 0.366 e. The molecule has 4 rings (SSSR count). The predicted molar refractivity (Wildman–Crippen MR) is 113 cm³/mol. The standard InChI is InChI=1S/C22H35N5O3/c1-15-10-23-27(11-15)19-8-16-12-26(22(29)24-18-6-4-5-7-18)13-17(16)9-20(19)30-14-21(28)25(2)3/h10-11,16-20H,4-9,12-14H2,1-3H3,(H,24,29)/t16-,17+,19-,20-/m0/s1. The molecule has 1 N–H and O–H groups in total. The highest BCUT2D eigenvalue weighted by atomic mass is 16.5. The summed E-state index contributed by atoms with van der Waals surface area (Å²) < 4.78 is 8.12. The molecule has 1 aromatic rings. The second-order valence-corrected chi connectivity index (χ2v) is 9.53. The van der Waals surface area contributed by atoms with Gasteiger partial charge < -0.3 is 19.9 Å². The van der Waals surface area contributed by atoms with Crippen molar-refractivity contribution < 1.29 is 14.3 Å². The average molecular weight is 418 g/mol. The van der Waals surface area contributed by atoms with Crippen LogP contribution in [0.1, 0.15) is 50.1 Å².